The number of carbonyl (C=O) groups is 1. The SMILES string of the molecule is C[C@H]1CC2(CCN1)C(N1CCC1)=NC(=O)N2c1cccc(F)c1. The van der Waals surface area contributed by atoms with Crippen LogP contribution in [0.2, 0.25) is 0 Å². The highest BCUT2D eigenvalue weighted by Crippen LogP contribution is 2.41. The Hall–Kier alpha value is -1.95. The number of rotatable bonds is 1. The third-order valence-electron chi connectivity index (χ3n) is 5.13. The molecule has 1 aromatic carbocycles. The van der Waals surface area contributed by atoms with Gasteiger partial charge in [-0.2, -0.15) is 4.99 Å². The van der Waals surface area contributed by atoms with Gasteiger partial charge in [0.1, 0.15) is 17.2 Å². The number of hydrogen-bond acceptors (Lipinski definition) is 3. The summed E-state index contributed by atoms with van der Waals surface area (Å²) in [5.74, 6) is 0.552. The minimum absolute atomic E-state index is 0.272. The Bertz CT molecular complexity index is 672. The lowest BCUT2D eigenvalue weighted by Crippen LogP contribution is -2.64. The maximum atomic E-state index is 13.7. The number of carbonyl (C=O) groups excluding carboxylic acids is 1. The molecule has 0 saturated carbocycles. The summed E-state index contributed by atoms with van der Waals surface area (Å²) in [7, 11) is 0. The maximum Gasteiger partial charge on any atom is 0.350 e. The molecule has 23 heavy (non-hydrogen) atoms. The molecule has 2 amide bonds. The van der Waals surface area contributed by atoms with Crippen LogP contribution < -0.4 is 10.2 Å². The molecule has 5 nitrogen and oxygen atoms in total. The standard InChI is InChI=1S/C17H21FN4O/c1-12-11-17(6-7-19-12)15(21-8-3-9-21)20-16(23)22(17)14-5-2-4-13(18)10-14/h2,4-5,10,12,19H,3,6-9,11H2,1H3/t12-,17?/m0/s1. The Kier molecular flexibility index (Phi) is 3.37. The monoisotopic (exact) mass is 316 g/mol. The lowest BCUT2D eigenvalue weighted by molar-refractivity contribution is 0.239. The lowest BCUT2D eigenvalue weighted by Gasteiger charge is -2.48. The molecule has 0 bridgehead atoms. The number of benzene rings is 1. The zero-order valence-corrected chi connectivity index (χ0v) is 13.3. The summed E-state index contributed by atoms with van der Waals surface area (Å²) in [4.78, 5) is 21.0. The fourth-order valence-electron chi connectivity index (χ4n) is 4.01. The van der Waals surface area contributed by atoms with Crippen LogP contribution in [-0.2, 0) is 0 Å². The summed E-state index contributed by atoms with van der Waals surface area (Å²) in [6.07, 6.45) is 2.73. The first kappa shape index (κ1) is 14.6. The molecule has 2 atom stereocenters. The van der Waals surface area contributed by atoms with Crippen molar-refractivity contribution < 1.29 is 9.18 Å². The zero-order chi connectivity index (χ0) is 16.0. The van der Waals surface area contributed by atoms with E-state index in [0.29, 0.717) is 5.69 Å². The van der Waals surface area contributed by atoms with Crippen LogP contribution >= 0.6 is 0 Å². The topological polar surface area (TPSA) is 47.9 Å². The van der Waals surface area contributed by atoms with Gasteiger partial charge in [-0.25, -0.2) is 9.18 Å². The predicted molar refractivity (Wildman–Crippen MR) is 87.3 cm³/mol. The van der Waals surface area contributed by atoms with Crippen molar-refractivity contribution in [2.24, 2.45) is 4.99 Å². The van der Waals surface area contributed by atoms with E-state index < -0.39 is 5.54 Å². The van der Waals surface area contributed by atoms with Gasteiger partial charge in [0.2, 0.25) is 0 Å². The van der Waals surface area contributed by atoms with Crippen LogP contribution in [-0.4, -0.2) is 48.0 Å². The first-order valence-electron chi connectivity index (χ1n) is 8.27. The molecule has 2 saturated heterocycles. The molecule has 0 aromatic heterocycles. The third-order valence-corrected chi connectivity index (χ3v) is 5.13. The van der Waals surface area contributed by atoms with E-state index >= 15 is 0 Å². The molecule has 4 rings (SSSR count). The van der Waals surface area contributed by atoms with Gasteiger partial charge in [0.15, 0.2) is 0 Å². The predicted octanol–water partition coefficient (Wildman–Crippen LogP) is 2.38. The average Bonchev–Trinajstić information content (AvgIpc) is 2.69. The largest absolute Gasteiger partial charge is 0.358 e. The van der Waals surface area contributed by atoms with Gasteiger partial charge in [0, 0.05) is 24.8 Å². The van der Waals surface area contributed by atoms with E-state index in [2.05, 4.69) is 22.1 Å². The van der Waals surface area contributed by atoms with Crippen LogP contribution in [0.15, 0.2) is 29.3 Å². The van der Waals surface area contributed by atoms with Crippen molar-refractivity contribution in [1.29, 1.82) is 0 Å². The maximum absolute atomic E-state index is 13.7. The third kappa shape index (κ3) is 2.24. The number of nitrogens with one attached hydrogen (secondary N) is 1. The number of hydrogen-bond donors (Lipinski definition) is 1. The van der Waals surface area contributed by atoms with E-state index in [1.807, 2.05) is 0 Å². The summed E-state index contributed by atoms with van der Waals surface area (Å²) >= 11 is 0. The van der Waals surface area contributed by atoms with E-state index in [-0.39, 0.29) is 17.9 Å². The normalized spacial score (nSPS) is 30.6. The Labute approximate surface area is 135 Å². The minimum atomic E-state index is -0.448. The zero-order valence-electron chi connectivity index (χ0n) is 13.3. The van der Waals surface area contributed by atoms with E-state index in [1.54, 1.807) is 17.0 Å². The van der Waals surface area contributed by atoms with Gasteiger partial charge >= 0.3 is 6.03 Å². The van der Waals surface area contributed by atoms with Crippen LogP contribution in [0.25, 0.3) is 0 Å². The van der Waals surface area contributed by atoms with Crippen LogP contribution in [0, 0.1) is 5.82 Å². The smallest absolute Gasteiger partial charge is 0.350 e. The molecule has 3 aliphatic heterocycles. The summed E-state index contributed by atoms with van der Waals surface area (Å²) in [5.41, 5.74) is 0.152. The van der Waals surface area contributed by atoms with E-state index in [9.17, 15) is 9.18 Å². The summed E-state index contributed by atoms with van der Waals surface area (Å²) < 4.78 is 13.7. The molecule has 3 aliphatic rings. The molecule has 1 spiro atoms. The molecule has 0 aliphatic carbocycles. The molecule has 2 fully saturated rings. The Morgan fingerprint density at radius 2 is 2.22 bits per heavy atom. The molecular formula is C17H21FN4O. The number of aliphatic imine (C=N–C) groups is 1. The Morgan fingerprint density at radius 3 is 2.87 bits per heavy atom. The van der Waals surface area contributed by atoms with Gasteiger partial charge in [-0.15, -0.1) is 0 Å². The Morgan fingerprint density at radius 1 is 1.39 bits per heavy atom. The van der Waals surface area contributed by atoms with Crippen molar-refractivity contribution in [2.75, 3.05) is 24.5 Å². The molecule has 1 unspecified atom stereocenters. The number of amidine groups is 1. The Balaban J connectivity index is 1.79. The van der Waals surface area contributed by atoms with Crippen molar-refractivity contribution in [3.05, 3.63) is 30.1 Å². The van der Waals surface area contributed by atoms with Gasteiger partial charge in [0.25, 0.3) is 0 Å². The number of nitrogens with zero attached hydrogens (tertiary/aromatic N) is 3. The van der Waals surface area contributed by atoms with E-state index in [1.165, 1.54) is 12.1 Å². The molecular weight excluding hydrogens is 295 g/mol. The van der Waals surface area contributed by atoms with Crippen LogP contribution in [0.1, 0.15) is 26.2 Å². The quantitative estimate of drug-likeness (QED) is 0.865. The van der Waals surface area contributed by atoms with Gasteiger partial charge in [-0.05, 0) is 50.9 Å². The molecule has 122 valence electrons. The minimum Gasteiger partial charge on any atom is -0.358 e. The number of halogens is 1. The second kappa shape index (κ2) is 5.30. The van der Waals surface area contributed by atoms with Crippen molar-refractivity contribution in [1.82, 2.24) is 10.2 Å². The lowest BCUT2D eigenvalue weighted by atomic mass is 9.81. The second-order valence-electron chi connectivity index (χ2n) is 6.71. The number of amides is 2. The number of anilines is 1. The summed E-state index contributed by atoms with van der Waals surface area (Å²) in [6.45, 7) is 4.85. The first-order chi connectivity index (χ1) is 11.1. The number of urea groups is 1. The van der Waals surface area contributed by atoms with E-state index in [0.717, 1.165) is 44.7 Å². The van der Waals surface area contributed by atoms with E-state index in [4.69, 9.17) is 0 Å². The highest BCUT2D eigenvalue weighted by Gasteiger charge is 2.54. The molecule has 6 heteroatoms. The highest BCUT2D eigenvalue weighted by molar-refractivity contribution is 6.16. The van der Waals surface area contributed by atoms with Crippen molar-refractivity contribution >= 4 is 17.6 Å². The molecule has 3 heterocycles. The fraction of sp³-hybridized carbons (Fsp3) is 0.529. The summed E-state index contributed by atoms with van der Waals surface area (Å²) in [6, 6.07) is 6.30. The highest BCUT2D eigenvalue weighted by atomic mass is 19.1. The second-order valence-corrected chi connectivity index (χ2v) is 6.71. The summed E-state index contributed by atoms with van der Waals surface area (Å²) in [5, 5.41) is 3.44. The molecule has 1 aromatic rings. The van der Waals surface area contributed by atoms with Gasteiger partial charge < -0.3 is 10.2 Å². The average molecular weight is 316 g/mol. The molecule has 1 N–H and O–H groups in total. The van der Waals surface area contributed by atoms with Gasteiger partial charge in [0.05, 0.1) is 0 Å². The van der Waals surface area contributed by atoms with Crippen molar-refractivity contribution in [3.63, 3.8) is 0 Å². The number of likely N-dealkylation sites (tertiary alicyclic amines) is 1. The van der Waals surface area contributed by atoms with Crippen molar-refractivity contribution in [3.8, 4) is 0 Å². The first-order valence-corrected chi connectivity index (χ1v) is 8.27. The fourth-order valence-corrected chi connectivity index (χ4v) is 4.01. The van der Waals surface area contributed by atoms with Gasteiger partial charge in [-0.1, -0.05) is 6.07 Å². The molecule has 0 radical (unpaired) electrons. The number of piperidine rings is 1. The van der Waals surface area contributed by atoms with Crippen LogP contribution in [0.4, 0.5) is 14.9 Å². The van der Waals surface area contributed by atoms with Gasteiger partial charge in [-0.3, -0.25) is 4.90 Å². The van der Waals surface area contributed by atoms with Crippen LogP contribution in [0.5, 0.6) is 0 Å². The van der Waals surface area contributed by atoms with Crippen LogP contribution in [0.3, 0.4) is 0 Å². The van der Waals surface area contributed by atoms with Crippen molar-refractivity contribution in [2.45, 2.75) is 37.8 Å².